The smallest absolute Gasteiger partial charge is 0.341 e. The Morgan fingerprint density at radius 3 is 1.13 bits per heavy atom. The van der Waals surface area contributed by atoms with Crippen molar-refractivity contribution >= 4 is 0 Å². The van der Waals surface area contributed by atoms with Crippen molar-refractivity contribution in [3.8, 4) is 0 Å². The average molecular weight is 264 g/mol. The fourth-order valence-corrected chi connectivity index (χ4v) is 1.11. The molecule has 0 nitrogen and oxygen atoms in total. The van der Waals surface area contributed by atoms with Crippen molar-refractivity contribution in [1.29, 1.82) is 0 Å². The first-order valence-electron chi connectivity index (χ1n) is 6.20. The molecule has 0 amide bonds. The summed E-state index contributed by atoms with van der Waals surface area (Å²) in [5.41, 5.74) is 0. The van der Waals surface area contributed by atoms with Crippen LogP contribution in [-0.4, -0.2) is 0 Å². The minimum Gasteiger partial charge on any atom is -0.341 e. The number of rotatable bonds is 6. The molecule has 2 atom stereocenters. The molecular formula is C14H30Zn. The Morgan fingerprint density at radius 2 is 1.07 bits per heavy atom. The maximum absolute atomic E-state index is 3.88. The van der Waals surface area contributed by atoms with Crippen molar-refractivity contribution in [2.45, 2.75) is 66.2 Å². The molecule has 0 saturated carbocycles. The van der Waals surface area contributed by atoms with Crippen molar-refractivity contribution in [2.75, 3.05) is 0 Å². The average Bonchev–Trinajstić information content (AvgIpc) is 2.12. The first-order valence-corrected chi connectivity index (χ1v) is 6.20. The zero-order valence-electron chi connectivity index (χ0n) is 11.5. The van der Waals surface area contributed by atoms with E-state index in [1.165, 1.54) is 38.5 Å². The molecule has 0 aliphatic rings. The Balaban J connectivity index is -0.000000180. The quantitative estimate of drug-likeness (QED) is 0.451. The van der Waals surface area contributed by atoms with Gasteiger partial charge in [-0.25, -0.2) is 0 Å². The van der Waals surface area contributed by atoms with E-state index >= 15 is 0 Å². The van der Waals surface area contributed by atoms with Crippen molar-refractivity contribution < 1.29 is 19.5 Å². The number of hydrogen-bond donors (Lipinski definition) is 0. The van der Waals surface area contributed by atoms with Crippen LogP contribution in [0.15, 0.2) is 0 Å². The van der Waals surface area contributed by atoms with Crippen LogP contribution in [0.5, 0.6) is 0 Å². The molecule has 2 unspecified atom stereocenters. The summed E-state index contributed by atoms with van der Waals surface area (Å²) in [6.45, 7) is 16.5. The van der Waals surface area contributed by atoms with Crippen LogP contribution in [0.2, 0.25) is 0 Å². The van der Waals surface area contributed by atoms with Crippen molar-refractivity contribution in [1.82, 2.24) is 0 Å². The molecule has 0 heterocycles. The van der Waals surface area contributed by atoms with Gasteiger partial charge in [0.05, 0.1) is 0 Å². The molecule has 0 bridgehead atoms. The third-order valence-corrected chi connectivity index (χ3v) is 2.10. The topological polar surface area (TPSA) is 0 Å². The van der Waals surface area contributed by atoms with Crippen molar-refractivity contribution in [3.63, 3.8) is 0 Å². The van der Waals surface area contributed by atoms with Gasteiger partial charge in [0.2, 0.25) is 0 Å². The van der Waals surface area contributed by atoms with Gasteiger partial charge in [0.25, 0.3) is 0 Å². The van der Waals surface area contributed by atoms with Gasteiger partial charge < -0.3 is 13.8 Å². The zero-order valence-corrected chi connectivity index (χ0v) is 14.5. The summed E-state index contributed by atoms with van der Waals surface area (Å²) in [6.07, 6.45) is 7.86. The summed E-state index contributed by atoms with van der Waals surface area (Å²) in [7, 11) is 0. The zero-order chi connectivity index (χ0) is 11.4. The third kappa shape index (κ3) is 31.3. The van der Waals surface area contributed by atoms with E-state index in [2.05, 4.69) is 41.5 Å². The van der Waals surface area contributed by atoms with Gasteiger partial charge in [0.1, 0.15) is 0 Å². The van der Waals surface area contributed by atoms with Crippen LogP contribution in [0.3, 0.4) is 0 Å². The van der Waals surface area contributed by atoms with E-state index in [1.54, 1.807) is 0 Å². The van der Waals surface area contributed by atoms with E-state index in [4.69, 9.17) is 0 Å². The van der Waals surface area contributed by atoms with Crippen molar-refractivity contribution in [2.24, 2.45) is 11.8 Å². The predicted octanol–water partition coefficient (Wildman–Crippen LogP) is 5.29. The molecule has 0 aromatic carbocycles. The van der Waals surface area contributed by atoms with E-state index in [0.29, 0.717) is 11.8 Å². The number of unbranched alkanes of at least 4 members (excludes halogenated alkanes) is 2. The van der Waals surface area contributed by atoms with Crippen LogP contribution >= 0.6 is 0 Å². The van der Waals surface area contributed by atoms with Crippen LogP contribution in [0.1, 0.15) is 66.2 Å². The van der Waals surface area contributed by atoms with Gasteiger partial charge in [-0.1, -0.05) is 66.2 Å². The van der Waals surface area contributed by atoms with Gasteiger partial charge in [0, 0.05) is 0 Å². The molecule has 0 aliphatic heterocycles. The Bertz CT molecular complexity index is 75.3. The predicted molar refractivity (Wildman–Crippen MR) is 68.1 cm³/mol. The van der Waals surface area contributed by atoms with Gasteiger partial charge in [-0.05, 0) is 0 Å². The van der Waals surface area contributed by atoms with Gasteiger partial charge in [-0.15, -0.1) is 0 Å². The molecule has 88 valence electrons. The Hall–Kier alpha value is 0.623. The molecule has 1 heteroatoms. The molecule has 0 fully saturated rings. The normalized spacial score (nSPS) is 13.2. The maximum Gasteiger partial charge on any atom is 2.00 e. The van der Waals surface area contributed by atoms with Crippen molar-refractivity contribution in [3.05, 3.63) is 13.8 Å². The first kappa shape index (κ1) is 21.0. The summed E-state index contributed by atoms with van der Waals surface area (Å²) < 4.78 is 0. The third-order valence-electron chi connectivity index (χ3n) is 2.10. The molecule has 0 spiro atoms. The Morgan fingerprint density at radius 1 is 0.800 bits per heavy atom. The van der Waals surface area contributed by atoms with Gasteiger partial charge in [-0.2, -0.15) is 11.8 Å². The van der Waals surface area contributed by atoms with Crippen LogP contribution in [-0.2, 0) is 19.5 Å². The minimum absolute atomic E-state index is 0. The molecule has 0 radical (unpaired) electrons. The van der Waals surface area contributed by atoms with E-state index in [1.807, 2.05) is 0 Å². The first-order chi connectivity index (χ1) is 6.54. The molecule has 0 N–H and O–H groups in total. The minimum atomic E-state index is 0. The summed E-state index contributed by atoms with van der Waals surface area (Å²) >= 11 is 0. The largest absolute Gasteiger partial charge is 2.00 e. The summed E-state index contributed by atoms with van der Waals surface area (Å²) in [5.74, 6) is 1.31. The fraction of sp³-hybridized carbons (Fsp3) is 0.857. The molecule has 0 aromatic rings. The van der Waals surface area contributed by atoms with Crippen LogP contribution in [0.25, 0.3) is 0 Å². The Kier molecular flexibility index (Phi) is 23.8. The summed E-state index contributed by atoms with van der Waals surface area (Å²) in [5, 5.41) is 0. The Labute approximate surface area is 111 Å². The SMILES string of the molecule is [CH2-]C(C)CCCC.[CH2-]C(C)CCCC.[Zn+2]. The monoisotopic (exact) mass is 262 g/mol. The van der Waals surface area contributed by atoms with Crippen LogP contribution < -0.4 is 0 Å². The molecule has 0 aliphatic carbocycles. The second kappa shape index (κ2) is 17.0. The molecule has 0 aromatic heterocycles. The van der Waals surface area contributed by atoms with E-state index in [-0.39, 0.29) is 19.5 Å². The molecule has 15 heavy (non-hydrogen) atoms. The summed E-state index contributed by atoms with van der Waals surface area (Å²) in [6, 6.07) is 0. The van der Waals surface area contributed by atoms with Crippen LogP contribution in [0, 0.1) is 25.7 Å². The fourth-order valence-electron chi connectivity index (χ4n) is 1.11. The molecule has 0 saturated heterocycles. The molecular weight excluding hydrogens is 234 g/mol. The van der Waals surface area contributed by atoms with Gasteiger partial charge >= 0.3 is 19.5 Å². The van der Waals surface area contributed by atoms with E-state index in [0.717, 1.165) is 0 Å². The second-order valence-electron chi connectivity index (χ2n) is 4.49. The second-order valence-corrected chi connectivity index (χ2v) is 4.49. The number of hydrogen-bond acceptors (Lipinski definition) is 0. The van der Waals surface area contributed by atoms with E-state index < -0.39 is 0 Å². The van der Waals surface area contributed by atoms with Gasteiger partial charge in [0.15, 0.2) is 0 Å². The summed E-state index contributed by atoms with van der Waals surface area (Å²) in [4.78, 5) is 0. The van der Waals surface area contributed by atoms with Crippen LogP contribution in [0.4, 0.5) is 0 Å². The maximum atomic E-state index is 3.88. The van der Waals surface area contributed by atoms with E-state index in [9.17, 15) is 0 Å². The standard InChI is InChI=1S/2C7H15.Zn/c2*1-4-5-6-7(2)3;/h2*7H,2,4-6H2,1,3H3;/q2*-1;+2. The molecule has 0 rings (SSSR count). The van der Waals surface area contributed by atoms with Gasteiger partial charge in [-0.3, -0.25) is 0 Å².